The zero-order valence-corrected chi connectivity index (χ0v) is 14.4. The summed E-state index contributed by atoms with van der Waals surface area (Å²) in [6.07, 6.45) is 6.09. The zero-order valence-electron chi connectivity index (χ0n) is 14.4. The fraction of sp³-hybridized carbons (Fsp3) is 0.421. The van der Waals surface area contributed by atoms with Crippen LogP contribution in [0, 0.1) is 0 Å². The van der Waals surface area contributed by atoms with Crippen LogP contribution in [0.3, 0.4) is 0 Å². The lowest BCUT2D eigenvalue weighted by Gasteiger charge is -2.27. The average Bonchev–Trinajstić information content (AvgIpc) is 3.27. The Morgan fingerprint density at radius 3 is 2.72 bits per heavy atom. The van der Waals surface area contributed by atoms with Gasteiger partial charge in [0.1, 0.15) is 6.54 Å². The van der Waals surface area contributed by atoms with Gasteiger partial charge in [0.2, 0.25) is 17.7 Å². The molecule has 1 amide bonds. The fourth-order valence-corrected chi connectivity index (χ4v) is 3.44. The summed E-state index contributed by atoms with van der Waals surface area (Å²) in [5.41, 5.74) is 1.90. The quantitative estimate of drug-likeness (QED) is 0.732. The van der Waals surface area contributed by atoms with Crippen LogP contribution in [0.4, 0.5) is 0 Å². The van der Waals surface area contributed by atoms with Crippen molar-refractivity contribution in [3.63, 3.8) is 0 Å². The lowest BCUT2D eigenvalue weighted by Crippen LogP contribution is -2.37. The molecular weight excluding hydrogens is 316 g/mol. The Hall–Kier alpha value is -2.63. The first-order valence-electron chi connectivity index (χ1n) is 8.94. The third kappa shape index (κ3) is 3.04. The second kappa shape index (κ2) is 6.70. The van der Waals surface area contributed by atoms with Crippen molar-refractivity contribution in [1.29, 1.82) is 0 Å². The molecule has 6 nitrogen and oxygen atoms in total. The fourth-order valence-electron chi connectivity index (χ4n) is 3.44. The van der Waals surface area contributed by atoms with Gasteiger partial charge in [-0.3, -0.25) is 4.79 Å². The third-order valence-corrected chi connectivity index (χ3v) is 4.80. The SMILES string of the molecule is CCc1nnc(-c2cn(CC(=O)N3CCCCC3)c3ccccc23)o1. The van der Waals surface area contributed by atoms with Crippen LogP contribution in [0.1, 0.15) is 32.1 Å². The number of amides is 1. The van der Waals surface area contributed by atoms with Gasteiger partial charge in [-0.25, -0.2) is 0 Å². The summed E-state index contributed by atoms with van der Waals surface area (Å²) in [5.74, 6) is 1.31. The van der Waals surface area contributed by atoms with E-state index in [1.807, 2.05) is 46.9 Å². The van der Waals surface area contributed by atoms with E-state index >= 15 is 0 Å². The molecule has 0 atom stereocenters. The lowest BCUT2D eigenvalue weighted by atomic mass is 10.1. The van der Waals surface area contributed by atoms with Gasteiger partial charge >= 0.3 is 0 Å². The van der Waals surface area contributed by atoms with Crippen LogP contribution in [0.2, 0.25) is 0 Å². The highest BCUT2D eigenvalue weighted by molar-refractivity contribution is 5.94. The summed E-state index contributed by atoms with van der Waals surface area (Å²) in [5, 5.41) is 9.25. The van der Waals surface area contributed by atoms with Gasteiger partial charge in [-0.2, -0.15) is 0 Å². The molecule has 2 aromatic heterocycles. The predicted molar refractivity (Wildman–Crippen MR) is 95.0 cm³/mol. The molecule has 1 fully saturated rings. The number of aromatic nitrogens is 3. The number of carbonyl (C=O) groups excluding carboxylic acids is 1. The van der Waals surface area contributed by atoms with Crippen LogP contribution in [0.15, 0.2) is 34.9 Å². The van der Waals surface area contributed by atoms with Gasteiger partial charge < -0.3 is 13.9 Å². The molecule has 0 radical (unpaired) electrons. The Labute approximate surface area is 146 Å². The number of rotatable bonds is 4. The Kier molecular flexibility index (Phi) is 4.26. The maximum absolute atomic E-state index is 12.7. The van der Waals surface area contributed by atoms with Crippen LogP contribution in [0.25, 0.3) is 22.4 Å². The van der Waals surface area contributed by atoms with E-state index < -0.39 is 0 Å². The van der Waals surface area contributed by atoms with Gasteiger partial charge in [-0.05, 0) is 25.3 Å². The maximum Gasteiger partial charge on any atom is 0.249 e. The molecule has 0 saturated carbocycles. The second-order valence-electron chi connectivity index (χ2n) is 6.48. The number of carbonyl (C=O) groups is 1. The number of benzene rings is 1. The third-order valence-electron chi connectivity index (χ3n) is 4.80. The summed E-state index contributed by atoms with van der Waals surface area (Å²) >= 11 is 0. The first-order chi connectivity index (χ1) is 12.3. The van der Waals surface area contributed by atoms with Gasteiger partial charge in [-0.1, -0.05) is 25.1 Å². The van der Waals surface area contributed by atoms with Crippen LogP contribution >= 0.6 is 0 Å². The van der Waals surface area contributed by atoms with Crippen molar-refractivity contribution in [2.45, 2.75) is 39.2 Å². The molecule has 3 aromatic rings. The molecule has 0 spiro atoms. The monoisotopic (exact) mass is 338 g/mol. The molecule has 0 aliphatic carbocycles. The van der Waals surface area contributed by atoms with Crippen molar-refractivity contribution in [3.8, 4) is 11.5 Å². The molecule has 0 N–H and O–H groups in total. The maximum atomic E-state index is 12.7. The predicted octanol–water partition coefficient (Wildman–Crippen LogP) is 3.27. The number of fused-ring (bicyclic) bond motifs is 1. The minimum Gasteiger partial charge on any atom is -0.421 e. The smallest absolute Gasteiger partial charge is 0.249 e. The molecule has 4 rings (SSSR count). The van der Waals surface area contributed by atoms with E-state index in [-0.39, 0.29) is 5.91 Å². The van der Waals surface area contributed by atoms with E-state index in [0.29, 0.717) is 24.7 Å². The first-order valence-corrected chi connectivity index (χ1v) is 8.94. The molecule has 1 aromatic carbocycles. The summed E-state index contributed by atoms with van der Waals surface area (Å²) < 4.78 is 7.73. The number of hydrogen-bond acceptors (Lipinski definition) is 4. The Morgan fingerprint density at radius 1 is 1.16 bits per heavy atom. The van der Waals surface area contributed by atoms with Crippen LogP contribution < -0.4 is 0 Å². The Bertz CT molecular complexity index is 890. The van der Waals surface area contributed by atoms with Gasteiger partial charge in [0.05, 0.1) is 5.56 Å². The van der Waals surface area contributed by atoms with E-state index in [2.05, 4.69) is 10.2 Å². The molecule has 1 aliphatic rings. The number of para-hydroxylation sites is 1. The van der Waals surface area contributed by atoms with Gasteiger partial charge in [0.15, 0.2) is 0 Å². The zero-order chi connectivity index (χ0) is 17.2. The molecule has 3 heterocycles. The second-order valence-corrected chi connectivity index (χ2v) is 6.48. The molecule has 6 heteroatoms. The molecular formula is C19H22N4O2. The number of hydrogen-bond donors (Lipinski definition) is 0. The highest BCUT2D eigenvalue weighted by Gasteiger charge is 2.20. The van der Waals surface area contributed by atoms with Crippen molar-refractivity contribution < 1.29 is 9.21 Å². The van der Waals surface area contributed by atoms with E-state index in [0.717, 1.165) is 42.4 Å². The topological polar surface area (TPSA) is 64.2 Å². The van der Waals surface area contributed by atoms with Crippen LogP contribution in [-0.2, 0) is 17.8 Å². The number of aryl methyl sites for hydroxylation is 1. The van der Waals surface area contributed by atoms with Crippen LogP contribution in [-0.4, -0.2) is 38.7 Å². The minimum absolute atomic E-state index is 0.173. The largest absolute Gasteiger partial charge is 0.421 e. The summed E-state index contributed by atoms with van der Waals surface area (Å²) in [6, 6.07) is 8.03. The normalized spacial score (nSPS) is 15.0. The first kappa shape index (κ1) is 15.9. The number of nitrogens with zero attached hydrogens (tertiary/aromatic N) is 4. The van der Waals surface area contributed by atoms with E-state index in [4.69, 9.17) is 4.42 Å². The molecule has 0 bridgehead atoms. The van der Waals surface area contributed by atoms with E-state index in [9.17, 15) is 4.79 Å². The van der Waals surface area contributed by atoms with Gasteiger partial charge in [0, 0.05) is 36.6 Å². The molecule has 130 valence electrons. The molecule has 0 unspecified atom stereocenters. The lowest BCUT2D eigenvalue weighted by molar-refractivity contribution is -0.132. The minimum atomic E-state index is 0.173. The van der Waals surface area contributed by atoms with E-state index in [1.54, 1.807) is 0 Å². The van der Waals surface area contributed by atoms with Crippen molar-refractivity contribution in [1.82, 2.24) is 19.7 Å². The van der Waals surface area contributed by atoms with Gasteiger partial charge in [0.25, 0.3) is 0 Å². The molecule has 1 saturated heterocycles. The highest BCUT2D eigenvalue weighted by atomic mass is 16.4. The standard InChI is InChI=1S/C19H22N4O2/c1-2-17-20-21-19(25-17)15-12-23(16-9-5-4-8-14(15)16)13-18(24)22-10-6-3-7-11-22/h4-5,8-9,12H,2-3,6-7,10-11,13H2,1H3. The van der Waals surface area contributed by atoms with Crippen molar-refractivity contribution >= 4 is 16.8 Å². The highest BCUT2D eigenvalue weighted by Crippen LogP contribution is 2.30. The number of likely N-dealkylation sites (tertiary alicyclic amines) is 1. The van der Waals surface area contributed by atoms with Crippen molar-refractivity contribution in [3.05, 3.63) is 36.4 Å². The summed E-state index contributed by atoms with van der Waals surface area (Å²) in [7, 11) is 0. The number of piperidine rings is 1. The van der Waals surface area contributed by atoms with Gasteiger partial charge in [-0.15, -0.1) is 10.2 Å². The Morgan fingerprint density at radius 2 is 1.96 bits per heavy atom. The Balaban J connectivity index is 1.68. The summed E-state index contributed by atoms with van der Waals surface area (Å²) in [4.78, 5) is 14.6. The molecule has 1 aliphatic heterocycles. The van der Waals surface area contributed by atoms with Crippen LogP contribution in [0.5, 0.6) is 0 Å². The van der Waals surface area contributed by atoms with Crippen molar-refractivity contribution in [2.24, 2.45) is 0 Å². The van der Waals surface area contributed by atoms with Crippen molar-refractivity contribution in [2.75, 3.05) is 13.1 Å². The molecule has 25 heavy (non-hydrogen) atoms. The summed E-state index contributed by atoms with van der Waals surface area (Å²) in [6.45, 7) is 4.07. The van der Waals surface area contributed by atoms with E-state index in [1.165, 1.54) is 6.42 Å². The average molecular weight is 338 g/mol.